The van der Waals surface area contributed by atoms with E-state index in [0.717, 1.165) is 7.11 Å². The molecule has 0 atom stereocenters. The highest BCUT2D eigenvalue weighted by Crippen LogP contribution is 2.28. The van der Waals surface area contributed by atoms with Crippen LogP contribution < -0.4 is 0 Å². The zero-order valence-corrected chi connectivity index (χ0v) is 6.86. The number of esters is 1. The van der Waals surface area contributed by atoms with Gasteiger partial charge in [0.15, 0.2) is 0 Å². The quantitative estimate of drug-likeness (QED) is 0.672. The van der Waals surface area contributed by atoms with Gasteiger partial charge < -0.3 is 9.84 Å². The Balaban J connectivity index is 3.92. The van der Waals surface area contributed by atoms with Crippen molar-refractivity contribution in [3.63, 3.8) is 0 Å². The maximum absolute atomic E-state index is 12.2. The molecule has 0 aliphatic rings. The van der Waals surface area contributed by atoms with Crippen LogP contribution in [0, 0.1) is 0 Å². The van der Waals surface area contributed by atoms with Gasteiger partial charge in [0.2, 0.25) is 0 Å². The van der Waals surface area contributed by atoms with Crippen LogP contribution in [0.4, 0.5) is 8.78 Å². The van der Waals surface area contributed by atoms with Gasteiger partial charge in [-0.05, 0) is 0 Å². The number of methoxy groups -OCH3 is 1. The summed E-state index contributed by atoms with van der Waals surface area (Å²) < 4.78 is 28.4. The van der Waals surface area contributed by atoms with Gasteiger partial charge in [-0.2, -0.15) is 8.78 Å². The molecule has 7 heteroatoms. The van der Waals surface area contributed by atoms with Crippen molar-refractivity contribution >= 4 is 23.7 Å². The number of ether oxygens (including phenoxy) is 1. The highest BCUT2D eigenvalue weighted by molar-refractivity contribution is 8.01. The van der Waals surface area contributed by atoms with E-state index in [4.69, 9.17) is 5.11 Å². The first-order valence-corrected chi connectivity index (χ1v) is 3.70. The van der Waals surface area contributed by atoms with Crippen molar-refractivity contribution in [3.05, 3.63) is 0 Å². The number of halogens is 2. The molecule has 0 rings (SSSR count). The van der Waals surface area contributed by atoms with E-state index in [1.54, 1.807) is 0 Å². The summed E-state index contributed by atoms with van der Waals surface area (Å²) in [4.78, 5) is 20.1. The Morgan fingerprint density at radius 2 is 2.08 bits per heavy atom. The summed E-state index contributed by atoms with van der Waals surface area (Å²) in [5, 5.41) is 3.97. The number of carbonyl (C=O) groups excluding carboxylic acids is 1. The number of thioether (sulfide) groups is 1. The van der Waals surface area contributed by atoms with Gasteiger partial charge >= 0.3 is 17.2 Å². The molecule has 0 bridgehead atoms. The first-order valence-electron chi connectivity index (χ1n) is 2.72. The second-order valence-electron chi connectivity index (χ2n) is 1.69. The average Bonchev–Trinajstić information content (AvgIpc) is 2.00. The largest absolute Gasteiger partial charge is 0.476 e. The van der Waals surface area contributed by atoms with Gasteiger partial charge in [0.1, 0.15) is 0 Å². The fourth-order valence-corrected chi connectivity index (χ4v) is 0.811. The fraction of sp³-hybridized carbons (Fsp3) is 0.600. The van der Waals surface area contributed by atoms with Crippen molar-refractivity contribution in [2.75, 3.05) is 12.9 Å². The molecule has 0 heterocycles. The van der Waals surface area contributed by atoms with Gasteiger partial charge in [0.25, 0.3) is 0 Å². The standard InChI is InChI=1S/C5H6F2O4S/c1-11-3(8)2-12-5(6,7)4(9)10/h2H2,1H3,(H,9,10). The molecule has 0 saturated carbocycles. The monoisotopic (exact) mass is 200 g/mol. The highest BCUT2D eigenvalue weighted by Gasteiger charge is 2.40. The normalized spacial score (nSPS) is 10.9. The summed E-state index contributed by atoms with van der Waals surface area (Å²) >= 11 is -0.288. The Labute approximate surface area is 70.9 Å². The fourth-order valence-electron chi connectivity index (χ4n) is 0.270. The minimum atomic E-state index is -3.94. The van der Waals surface area contributed by atoms with Gasteiger partial charge in [-0.3, -0.25) is 4.79 Å². The summed E-state index contributed by atoms with van der Waals surface area (Å²) in [5.74, 6) is -3.84. The van der Waals surface area contributed by atoms with Crippen molar-refractivity contribution in [2.45, 2.75) is 5.25 Å². The maximum Gasteiger partial charge on any atom is 0.389 e. The highest BCUT2D eigenvalue weighted by atomic mass is 32.2. The molecule has 0 spiro atoms. The zero-order chi connectivity index (χ0) is 9.78. The minimum absolute atomic E-state index is 0.288. The SMILES string of the molecule is COC(=O)CSC(F)(F)C(=O)O. The molecule has 0 saturated heterocycles. The Kier molecular flexibility index (Phi) is 3.94. The van der Waals surface area contributed by atoms with Crippen LogP contribution in [0.15, 0.2) is 0 Å². The lowest BCUT2D eigenvalue weighted by atomic mass is 10.7. The van der Waals surface area contributed by atoms with Gasteiger partial charge in [-0.15, -0.1) is 0 Å². The number of carboxylic acids is 1. The first kappa shape index (κ1) is 11.2. The Bertz CT molecular complexity index is 194. The van der Waals surface area contributed by atoms with Gasteiger partial charge in [-0.1, -0.05) is 11.8 Å². The van der Waals surface area contributed by atoms with Gasteiger partial charge in [0, 0.05) is 0 Å². The lowest BCUT2D eigenvalue weighted by Crippen LogP contribution is -2.25. The van der Waals surface area contributed by atoms with E-state index < -0.39 is 22.9 Å². The van der Waals surface area contributed by atoms with Crippen LogP contribution in [-0.4, -0.2) is 35.2 Å². The number of hydrogen-bond donors (Lipinski definition) is 1. The van der Waals surface area contributed by atoms with Crippen LogP contribution in [0.5, 0.6) is 0 Å². The Morgan fingerprint density at radius 3 is 2.42 bits per heavy atom. The minimum Gasteiger partial charge on any atom is -0.476 e. The predicted molar refractivity (Wildman–Crippen MR) is 37.1 cm³/mol. The van der Waals surface area contributed by atoms with Crippen LogP contribution in [0.3, 0.4) is 0 Å². The number of hydrogen-bond acceptors (Lipinski definition) is 4. The molecule has 0 aromatic rings. The zero-order valence-electron chi connectivity index (χ0n) is 6.04. The van der Waals surface area contributed by atoms with Crippen LogP contribution >= 0.6 is 11.8 Å². The molecule has 0 aliphatic carbocycles. The summed E-state index contributed by atoms with van der Waals surface area (Å²) in [7, 11) is 1.03. The number of aliphatic carboxylic acids is 1. The van der Waals surface area contributed by atoms with Crippen LogP contribution in [-0.2, 0) is 14.3 Å². The molecule has 0 aromatic carbocycles. The molecule has 70 valence electrons. The molecule has 0 unspecified atom stereocenters. The maximum atomic E-state index is 12.2. The van der Waals surface area contributed by atoms with E-state index in [1.807, 2.05) is 0 Å². The van der Waals surface area contributed by atoms with E-state index in [-0.39, 0.29) is 11.8 Å². The third-order valence-corrected chi connectivity index (χ3v) is 1.77. The number of carboxylic acid groups (broad SMARTS) is 1. The molecule has 4 nitrogen and oxygen atoms in total. The molecular weight excluding hydrogens is 194 g/mol. The average molecular weight is 200 g/mol. The van der Waals surface area contributed by atoms with Crippen molar-refractivity contribution in [1.82, 2.24) is 0 Å². The topological polar surface area (TPSA) is 63.6 Å². The number of alkyl halides is 2. The van der Waals surface area contributed by atoms with E-state index in [9.17, 15) is 18.4 Å². The predicted octanol–water partition coefficient (Wildman–Crippen LogP) is 0.570. The van der Waals surface area contributed by atoms with E-state index in [1.165, 1.54) is 0 Å². The van der Waals surface area contributed by atoms with Crippen molar-refractivity contribution < 1.29 is 28.2 Å². The molecule has 12 heavy (non-hydrogen) atoms. The summed E-state index contributed by atoms with van der Waals surface area (Å²) in [6, 6.07) is 0. The molecule has 0 radical (unpaired) electrons. The van der Waals surface area contributed by atoms with Crippen molar-refractivity contribution in [3.8, 4) is 0 Å². The lowest BCUT2D eigenvalue weighted by Gasteiger charge is -2.08. The van der Waals surface area contributed by atoms with Crippen molar-refractivity contribution in [2.24, 2.45) is 0 Å². The second-order valence-corrected chi connectivity index (χ2v) is 2.78. The van der Waals surface area contributed by atoms with E-state index in [2.05, 4.69) is 4.74 Å². The number of carbonyl (C=O) groups is 2. The molecule has 0 amide bonds. The third-order valence-electron chi connectivity index (χ3n) is 0.848. The Morgan fingerprint density at radius 1 is 1.58 bits per heavy atom. The molecule has 0 aliphatic heterocycles. The smallest absolute Gasteiger partial charge is 0.389 e. The number of rotatable bonds is 4. The third kappa shape index (κ3) is 3.51. The van der Waals surface area contributed by atoms with Crippen molar-refractivity contribution in [1.29, 1.82) is 0 Å². The molecule has 0 fully saturated rings. The Hall–Kier alpha value is -0.850. The van der Waals surface area contributed by atoms with Gasteiger partial charge in [0.05, 0.1) is 12.9 Å². The summed E-state index contributed by atoms with van der Waals surface area (Å²) in [5.41, 5.74) is 0. The first-order chi connectivity index (χ1) is 5.40. The van der Waals surface area contributed by atoms with E-state index in [0.29, 0.717) is 0 Å². The molecular formula is C5H6F2O4S. The second kappa shape index (κ2) is 4.24. The summed E-state index contributed by atoms with van der Waals surface area (Å²) in [6.07, 6.45) is 0. The van der Waals surface area contributed by atoms with E-state index >= 15 is 0 Å². The lowest BCUT2D eigenvalue weighted by molar-refractivity contribution is -0.152. The van der Waals surface area contributed by atoms with Crippen LogP contribution in [0.2, 0.25) is 0 Å². The van der Waals surface area contributed by atoms with Crippen LogP contribution in [0.25, 0.3) is 0 Å². The summed E-state index contributed by atoms with van der Waals surface area (Å²) in [6.45, 7) is 0. The van der Waals surface area contributed by atoms with Gasteiger partial charge in [-0.25, -0.2) is 4.79 Å². The van der Waals surface area contributed by atoms with Crippen LogP contribution in [0.1, 0.15) is 0 Å². The molecule has 1 N–H and O–H groups in total. The molecule has 0 aromatic heterocycles.